The highest BCUT2D eigenvalue weighted by Gasteiger charge is 2.33. The SMILES string of the molecule is CNC(C)(C#N)CC(C)N1CCCN2CCCC2C1. The third kappa shape index (κ3) is 3.47. The Labute approximate surface area is 117 Å². The molecule has 1 N–H and O–H groups in total. The molecule has 3 unspecified atom stereocenters. The van der Waals surface area contributed by atoms with Gasteiger partial charge < -0.3 is 5.32 Å². The smallest absolute Gasteiger partial charge is 0.105 e. The van der Waals surface area contributed by atoms with Crippen LogP contribution in [0, 0.1) is 11.3 Å². The van der Waals surface area contributed by atoms with E-state index in [0.717, 1.165) is 12.5 Å². The second kappa shape index (κ2) is 6.21. The summed E-state index contributed by atoms with van der Waals surface area (Å²) in [5, 5.41) is 12.5. The van der Waals surface area contributed by atoms with Crippen molar-refractivity contribution < 1.29 is 0 Å². The molecule has 2 aliphatic rings. The zero-order valence-corrected chi connectivity index (χ0v) is 12.7. The van der Waals surface area contributed by atoms with Crippen molar-refractivity contribution in [3.05, 3.63) is 0 Å². The summed E-state index contributed by atoms with van der Waals surface area (Å²) in [6.45, 7) is 9.20. The van der Waals surface area contributed by atoms with Crippen LogP contribution < -0.4 is 5.32 Å². The van der Waals surface area contributed by atoms with Gasteiger partial charge in [-0.1, -0.05) is 0 Å². The molecule has 4 nitrogen and oxygen atoms in total. The van der Waals surface area contributed by atoms with Crippen LogP contribution in [0.15, 0.2) is 0 Å². The standard InChI is InChI=1S/C15H28N4/c1-13(10-15(2,12-16)17-3)19-9-5-8-18-7-4-6-14(18)11-19/h13-14,17H,4-11H2,1-3H3. The van der Waals surface area contributed by atoms with Crippen molar-refractivity contribution in [2.75, 3.05) is 33.2 Å². The van der Waals surface area contributed by atoms with Crippen molar-refractivity contribution in [2.24, 2.45) is 0 Å². The van der Waals surface area contributed by atoms with Gasteiger partial charge in [0.15, 0.2) is 0 Å². The average Bonchev–Trinajstić information content (AvgIpc) is 2.75. The van der Waals surface area contributed by atoms with Gasteiger partial charge in [-0.3, -0.25) is 9.80 Å². The molecule has 0 aliphatic carbocycles. The van der Waals surface area contributed by atoms with Gasteiger partial charge in [0.25, 0.3) is 0 Å². The Morgan fingerprint density at radius 2 is 2.11 bits per heavy atom. The molecule has 0 saturated carbocycles. The minimum atomic E-state index is -0.402. The number of nitrogens with zero attached hydrogens (tertiary/aromatic N) is 3. The number of nitriles is 1. The fraction of sp³-hybridized carbons (Fsp3) is 0.933. The first-order chi connectivity index (χ1) is 9.08. The van der Waals surface area contributed by atoms with Crippen LogP contribution in [-0.4, -0.2) is 60.6 Å². The van der Waals surface area contributed by atoms with Crippen molar-refractivity contribution in [3.8, 4) is 6.07 Å². The Morgan fingerprint density at radius 3 is 2.79 bits per heavy atom. The largest absolute Gasteiger partial charge is 0.303 e. The van der Waals surface area contributed by atoms with Crippen LogP contribution >= 0.6 is 0 Å². The molecule has 0 aromatic carbocycles. The lowest BCUT2D eigenvalue weighted by Gasteiger charge is -2.34. The molecular weight excluding hydrogens is 236 g/mol. The van der Waals surface area contributed by atoms with Gasteiger partial charge >= 0.3 is 0 Å². The van der Waals surface area contributed by atoms with Crippen molar-refractivity contribution in [1.29, 1.82) is 5.26 Å². The van der Waals surface area contributed by atoms with E-state index in [1.807, 2.05) is 14.0 Å². The summed E-state index contributed by atoms with van der Waals surface area (Å²) in [6, 6.07) is 3.64. The third-order valence-electron chi connectivity index (χ3n) is 4.96. The molecule has 2 heterocycles. The minimum absolute atomic E-state index is 0.402. The number of hydrogen-bond acceptors (Lipinski definition) is 4. The summed E-state index contributed by atoms with van der Waals surface area (Å²) in [7, 11) is 1.89. The van der Waals surface area contributed by atoms with Gasteiger partial charge in [0.2, 0.25) is 0 Å². The number of rotatable bonds is 4. The van der Waals surface area contributed by atoms with Crippen molar-refractivity contribution >= 4 is 0 Å². The van der Waals surface area contributed by atoms with E-state index in [9.17, 15) is 5.26 Å². The van der Waals surface area contributed by atoms with Crippen molar-refractivity contribution in [3.63, 3.8) is 0 Å². The summed E-state index contributed by atoms with van der Waals surface area (Å²) >= 11 is 0. The maximum Gasteiger partial charge on any atom is 0.105 e. The van der Waals surface area contributed by atoms with E-state index in [2.05, 4.69) is 28.1 Å². The lowest BCUT2D eigenvalue weighted by molar-refractivity contribution is 0.160. The van der Waals surface area contributed by atoms with Gasteiger partial charge in [-0.2, -0.15) is 5.26 Å². The monoisotopic (exact) mass is 264 g/mol. The number of hydrogen-bond donors (Lipinski definition) is 1. The highest BCUT2D eigenvalue weighted by atomic mass is 15.3. The highest BCUT2D eigenvalue weighted by Crippen LogP contribution is 2.24. The fourth-order valence-corrected chi connectivity index (χ4v) is 3.56. The first-order valence-electron chi connectivity index (χ1n) is 7.66. The van der Waals surface area contributed by atoms with Gasteiger partial charge in [-0.15, -0.1) is 0 Å². The maximum atomic E-state index is 9.30. The molecule has 0 aromatic rings. The molecule has 2 fully saturated rings. The molecule has 19 heavy (non-hydrogen) atoms. The molecule has 0 radical (unpaired) electrons. The summed E-state index contributed by atoms with van der Waals surface area (Å²) in [5.74, 6) is 0. The first-order valence-corrected chi connectivity index (χ1v) is 7.66. The van der Waals surface area contributed by atoms with Crippen LogP contribution in [0.4, 0.5) is 0 Å². The van der Waals surface area contributed by atoms with Gasteiger partial charge in [0.1, 0.15) is 5.54 Å². The Bertz CT molecular complexity index is 338. The highest BCUT2D eigenvalue weighted by molar-refractivity contribution is 5.05. The van der Waals surface area contributed by atoms with E-state index >= 15 is 0 Å². The molecule has 2 rings (SSSR count). The van der Waals surface area contributed by atoms with Crippen LogP contribution in [-0.2, 0) is 0 Å². The molecule has 4 heteroatoms. The predicted molar refractivity (Wildman–Crippen MR) is 77.9 cm³/mol. The molecule has 0 aromatic heterocycles. The van der Waals surface area contributed by atoms with E-state index in [-0.39, 0.29) is 0 Å². The Kier molecular flexibility index (Phi) is 4.83. The van der Waals surface area contributed by atoms with Gasteiger partial charge in [0, 0.05) is 18.6 Å². The van der Waals surface area contributed by atoms with Gasteiger partial charge in [-0.25, -0.2) is 0 Å². The topological polar surface area (TPSA) is 42.3 Å². The number of fused-ring (bicyclic) bond motifs is 1. The lowest BCUT2D eigenvalue weighted by Crippen LogP contribution is -2.47. The molecule has 0 amide bonds. The van der Waals surface area contributed by atoms with Crippen molar-refractivity contribution in [2.45, 2.75) is 57.2 Å². The first kappa shape index (κ1) is 14.8. The van der Waals surface area contributed by atoms with Crippen molar-refractivity contribution in [1.82, 2.24) is 15.1 Å². The lowest BCUT2D eigenvalue weighted by atomic mass is 9.94. The van der Waals surface area contributed by atoms with Crippen LogP contribution in [0.3, 0.4) is 0 Å². The van der Waals surface area contributed by atoms with E-state index < -0.39 is 5.54 Å². The van der Waals surface area contributed by atoms with E-state index in [1.54, 1.807) is 0 Å². The molecule has 3 atom stereocenters. The summed E-state index contributed by atoms with van der Waals surface area (Å²) in [4.78, 5) is 5.26. The van der Waals surface area contributed by atoms with Crippen LogP contribution in [0.25, 0.3) is 0 Å². The van der Waals surface area contributed by atoms with Crippen LogP contribution in [0.2, 0.25) is 0 Å². The summed E-state index contributed by atoms with van der Waals surface area (Å²) in [5.41, 5.74) is -0.402. The molecule has 2 saturated heterocycles. The zero-order valence-electron chi connectivity index (χ0n) is 12.7. The Morgan fingerprint density at radius 1 is 1.37 bits per heavy atom. The molecular formula is C15H28N4. The zero-order chi connectivity index (χ0) is 13.9. The number of nitrogens with one attached hydrogen (secondary N) is 1. The molecule has 0 spiro atoms. The molecule has 2 aliphatic heterocycles. The third-order valence-corrected chi connectivity index (χ3v) is 4.96. The van der Waals surface area contributed by atoms with E-state index in [0.29, 0.717) is 6.04 Å². The maximum absolute atomic E-state index is 9.30. The normalized spacial score (nSPS) is 30.1. The second-order valence-corrected chi connectivity index (χ2v) is 6.43. The summed E-state index contributed by atoms with van der Waals surface area (Å²) < 4.78 is 0. The average molecular weight is 264 g/mol. The second-order valence-electron chi connectivity index (χ2n) is 6.43. The Balaban J connectivity index is 1.95. The fourth-order valence-electron chi connectivity index (χ4n) is 3.56. The van der Waals surface area contributed by atoms with E-state index in [1.165, 1.54) is 45.4 Å². The Hall–Kier alpha value is -0.630. The predicted octanol–water partition coefficient (Wildman–Crippen LogP) is 1.44. The van der Waals surface area contributed by atoms with Crippen LogP contribution in [0.5, 0.6) is 0 Å². The van der Waals surface area contributed by atoms with Gasteiger partial charge in [-0.05, 0) is 66.2 Å². The van der Waals surface area contributed by atoms with Gasteiger partial charge in [0.05, 0.1) is 6.07 Å². The quantitative estimate of drug-likeness (QED) is 0.834. The minimum Gasteiger partial charge on any atom is -0.303 e. The summed E-state index contributed by atoms with van der Waals surface area (Å²) in [6.07, 6.45) is 4.88. The molecule has 0 bridgehead atoms. The molecule has 108 valence electrons. The van der Waals surface area contributed by atoms with E-state index in [4.69, 9.17) is 0 Å². The van der Waals surface area contributed by atoms with Crippen LogP contribution in [0.1, 0.15) is 39.5 Å².